The van der Waals surface area contributed by atoms with E-state index < -0.39 is 0 Å². The lowest BCUT2D eigenvalue weighted by atomic mass is 9.63. The molecule has 1 heterocycles. The Balaban J connectivity index is 1.25. The number of carbonyl (C=O) groups is 1. The Labute approximate surface area is 172 Å². The lowest BCUT2D eigenvalue weighted by molar-refractivity contribution is -0.131. The molecule has 3 nitrogen and oxygen atoms in total. The Hall–Kier alpha value is -0.880. The first kappa shape index (κ1) is 21.8. The van der Waals surface area contributed by atoms with Crippen molar-refractivity contribution in [3.05, 3.63) is 0 Å². The fourth-order valence-electron chi connectivity index (χ4n) is 6.06. The molecule has 1 aliphatic heterocycles. The van der Waals surface area contributed by atoms with Gasteiger partial charge in [0.1, 0.15) is 6.10 Å². The van der Waals surface area contributed by atoms with Crippen LogP contribution >= 0.6 is 0 Å². The zero-order chi connectivity index (χ0) is 19.8. The summed E-state index contributed by atoms with van der Waals surface area (Å²) in [5, 5.41) is 9.41. The molecule has 0 aromatic heterocycles. The fraction of sp³-hybridized carbons (Fsp3) is 0.920. The van der Waals surface area contributed by atoms with E-state index in [-0.39, 0.29) is 12.0 Å². The van der Waals surface area contributed by atoms with E-state index in [2.05, 4.69) is 13.0 Å². The second-order valence-electron chi connectivity index (χ2n) is 9.79. The molecule has 1 saturated heterocycles. The van der Waals surface area contributed by atoms with Crippen molar-refractivity contribution in [2.75, 3.05) is 0 Å². The molecule has 4 aliphatic rings. The third-order valence-corrected chi connectivity index (χ3v) is 7.70. The first-order chi connectivity index (χ1) is 13.7. The van der Waals surface area contributed by atoms with Crippen LogP contribution in [0.25, 0.3) is 0 Å². The summed E-state index contributed by atoms with van der Waals surface area (Å²) in [5.74, 6) is 2.54. The second kappa shape index (κ2) is 11.3. The normalized spacial score (nSPS) is 31.6. The van der Waals surface area contributed by atoms with Gasteiger partial charge in [0.05, 0.1) is 12.2 Å². The minimum Gasteiger partial charge on any atom is -0.367 e. The molecule has 6 atom stereocenters. The molecule has 6 unspecified atom stereocenters. The molecule has 3 aliphatic carbocycles. The number of hydrogen-bond donors (Lipinski definition) is 0. The molecule has 0 aromatic rings. The van der Waals surface area contributed by atoms with Crippen LogP contribution in [0.15, 0.2) is 0 Å². The average Bonchev–Trinajstić information content (AvgIpc) is 2.99. The number of rotatable bonds is 14. The summed E-state index contributed by atoms with van der Waals surface area (Å²) in [5.41, 5.74) is 0. The number of nitrogens with zero attached hydrogens (tertiary/aromatic N) is 1. The maximum absolute atomic E-state index is 12.7. The highest BCUT2D eigenvalue weighted by Gasteiger charge is 2.53. The summed E-state index contributed by atoms with van der Waals surface area (Å²) in [4.78, 5) is 12.7. The summed E-state index contributed by atoms with van der Waals surface area (Å²) in [6.45, 7) is 2.25. The maximum Gasteiger partial charge on any atom is 0.161 e. The summed E-state index contributed by atoms with van der Waals surface area (Å²) in [6.07, 6.45) is 19.1. The van der Waals surface area contributed by atoms with Gasteiger partial charge in [-0.05, 0) is 62.7 Å². The van der Waals surface area contributed by atoms with E-state index in [1.807, 2.05) is 0 Å². The molecule has 0 N–H and O–H groups in total. The predicted molar refractivity (Wildman–Crippen MR) is 113 cm³/mol. The van der Waals surface area contributed by atoms with Crippen molar-refractivity contribution < 1.29 is 9.53 Å². The number of hydrogen-bond acceptors (Lipinski definition) is 3. The molecule has 28 heavy (non-hydrogen) atoms. The Bertz CT molecular complexity index is 525. The molecule has 4 rings (SSSR count). The summed E-state index contributed by atoms with van der Waals surface area (Å²) in [7, 11) is 0. The van der Waals surface area contributed by atoms with Gasteiger partial charge in [0.15, 0.2) is 5.78 Å². The molecule has 0 radical (unpaired) electrons. The molecular weight excluding hydrogens is 346 g/mol. The molecule has 158 valence electrons. The SMILES string of the molecule is CCCCCCCCCC(C#N)CCCCC(=O)C1OC2CC3CCC2C1C3. The van der Waals surface area contributed by atoms with Gasteiger partial charge in [-0.2, -0.15) is 5.26 Å². The van der Waals surface area contributed by atoms with Crippen LogP contribution < -0.4 is 0 Å². The first-order valence-corrected chi connectivity index (χ1v) is 12.3. The minimum absolute atomic E-state index is 0.0974. The fourth-order valence-corrected chi connectivity index (χ4v) is 6.06. The van der Waals surface area contributed by atoms with Crippen molar-refractivity contribution in [2.24, 2.45) is 23.7 Å². The largest absolute Gasteiger partial charge is 0.367 e. The standard InChI is InChI=1S/C25H41NO2/c1-2-3-4-5-6-7-8-11-19(18-26)12-9-10-13-23(27)25-22-16-20-14-15-21(22)24(17-20)28-25/h19-22,24-25H,2-17H2,1H3. The lowest BCUT2D eigenvalue weighted by Gasteiger charge is -2.40. The number of Topliss-reactive ketones (excluding diaryl/α,β-unsaturated/α-hetero) is 1. The van der Waals surface area contributed by atoms with Crippen molar-refractivity contribution in [2.45, 2.75) is 122 Å². The van der Waals surface area contributed by atoms with E-state index in [1.54, 1.807) is 0 Å². The Morgan fingerprint density at radius 1 is 0.964 bits per heavy atom. The van der Waals surface area contributed by atoms with Crippen molar-refractivity contribution in [1.29, 1.82) is 5.26 Å². The Kier molecular flexibility index (Phi) is 8.84. The molecule has 3 heteroatoms. The van der Waals surface area contributed by atoms with Crippen molar-refractivity contribution in [1.82, 2.24) is 0 Å². The van der Waals surface area contributed by atoms with E-state index in [1.165, 1.54) is 70.6 Å². The molecule has 0 spiro atoms. The summed E-state index contributed by atoms with van der Waals surface area (Å²) < 4.78 is 6.18. The quantitative estimate of drug-likeness (QED) is 0.315. The molecule has 4 bridgehead atoms. The third kappa shape index (κ3) is 5.82. The molecule has 3 saturated carbocycles. The number of fused-ring (bicyclic) bond motifs is 1. The maximum atomic E-state index is 12.7. The van der Waals surface area contributed by atoms with Gasteiger partial charge in [-0.25, -0.2) is 0 Å². The summed E-state index contributed by atoms with van der Waals surface area (Å²) in [6, 6.07) is 2.50. The number of ether oxygens (including phenoxy) is 1. The molecule has 4 fully saturated rings. The van der Waals surface area contributed by atoms with Gasteiger partial charge < -0.3 is 4.74 Å². The predicted octanol–water partition coefficient (Wildman–Crippen LogP) is 6.60. The van der Waals surface area contributed by atoms with Crippen LogP contribution in [0.4, 0.5) is 0 Å². The van der Waals surface area contributed by atoms with Gasteiger partial charge in [0.2, 0.25) is 0 Å². The topological polar surface area (TPSA) is 50.1 Å². The van der Waals surface area contributed by atoms with Crippen LogP contribution in [0, 0.1) is 35.0 Å². The van der Waals surface area contributed by atoms with Gasteiger partial charge in [-0.1, -0.05) is 58.3 Å². The molecule has 0 aromatic carbocycles. The Morgan fingerprint density at radius 3 is 2.36 bits per heavy atom. The summed E-state index contributed by atoms with van der Waals surface area (Å²) >= 11 is 0. The van der Waals surface area contributed by atoms with Crippen LogP contribution in [0.1, 0.15) is 110 Å². The van der Waals surface area contributed by atoms with Crippen LogP contribution in [0.2, 0.25) is 0 Å². The van der Waals surface area contributed by atoms with Crippen molar-refractivity contribution in [3.8, 4) is 6.07 Å². The van der Waals surface area contributed by atoms with Crippen molar-refractivity contribution >= 4 is 5.78 Å². The number of unbranched alkanes of at least 4 members (excludes halogenated alkanes) is 7. The third-order valence-electron chi connectivity index (χ3n) is 7.70. The first-order valence-electron chi connectivity index (χ1n) is 12.3. The van der Waals surface area contributed by atoms with Crippen LogP contribution in [0.3, 0.4) is 0 Å². The van der Waals surface area contributed by atoms with Crippen LogP contribution in [-0.2, 0) is 9.53 Å². The van der Waals surface area contributed by atoms with Gasteiger partial charge >= 0.3 is 0 Å². The van der Waals surface area contributed by atoms with E-state index in [0.29, 0.717) is 30.1 Å². The zero-order valence-electron chi connectivity index (χ0n) is 18.0. The van der Waals surface area contributed by atoms with E-state index in [0.717, 1.165) is 31.6 Å². The highest BCUT2D eigenvalue weighted by Crippen LogP contribution is 2.53. The Morgan fingerprint density at radius 2 is 1.68 bits per heavy atom. The average molecular weight is 388 g/mol. The molecular formula is C25H41NO2. The van der Waals surface area contributed by atoms with E-state index >= 15 is 0 Å². The van der Waals surface area contributed by atoms with Gasteiger partial charge in [0, 0.05) is 12.3 Å². The number of carbonyl (C=O) groups excluding carboxylic acids is 1. The monoisotopic (exact) mass is 387 g/mol. The van der Waals surface area contributed by atoms with Crippen LogP contribution in [-0.4, -0.2) is 18.0 Å². The molecule has 0 amide bonds. The van der Waals surface area contributed by atoms with Crippen LogP contribution in [0.5, 0.6) is 0 Å². The van der Waals surface area contributed by atoms with E-state index in [4.69, 9.17) is 4.74 Å². The van der Waals surface area contributed by atoms with Gasteiger partial charge in [0.25, 0.3) is 0 Å². The second-order valence-corrected chi connectivity index (χ2v) is 9.79. The van der Waals surface area contributed by atoms with E-state index in [9.17, 15) is 10.1 Å². The van der Waals surface area contributed by atoms with Gasteiger partial charge in [-0.3, -0.25) is 4.79 Å². The zero-order valence-corrected chi connectivity index (χ0v) is 18.0. The van der Waals surface area contributed by atoms with Gasteiger partial charge in [-0.15, -0.1) is 0 Å². The highest BCUT2D eigenvalue weighted by atomic mass is 16.5. The smallest absolute Gasteiger partial charge is 0.161 e. The number of nitriles is 1. The highest BCUT2D eigenvalue weighted by molar-refractivity contribution is 5.83. The minimum atomic E-state index is -0.0974. The van der Waals surface area contributed by atoms with Crippen molar-refractivity contribution in [3.63, 3.8) is 0 Å². The lowest BCUT2D eigenvalue weighted by Crippen LogP contribution is -2.38. The number of ketones is 1.